The highest BCUT2D eigenvalue weighted by Gasteiger charge is 2.23. The molecule has 0 aliphatic heterocycles. The summed E-state index contributed by atoms with van der Waals surface area (Å²) in [5.74, 6) is -0.685. The zero-order chi connectivity index (χ0) is 39.6. The quantitative estimate of drug-likeness (QED) is 0.0329. The van der Waals surface area contributed by atoms with E-state index in [1.807, 2.05) is 12.2 Å². The van der Waals surface area contributed by atoms with Crippen LogP contribution in [0.3, 0.4) is 0 Å². The molecule has 0 spiro atoms. The van der Waals surface area contributed by atoms with Gasteiger partial charge < -0.3 is 20.3 Å². The molecule has 0 bridgehead atoms. The van der Waals surface area contributed by atoms with Crippen molar-refractivity contribution >= 4 is 11.9 Å². The molecule has 0 aromatic heterocycles. The van der Waals surface area contributed by atoms with Gasteiger partial charge in [-0.25, -0.2) is 0 Å². The first-order chi connectivity index (χ1) is 26.5. The summed E-state index contributed by atoms with van der Waals surface area (Å²) >= 11 is 0. The minimum atomic E-state index is -0.817. The van der Waals surface area contributed by atoms with Gasteiger partial charge in [-0.1, -0.05) is 198 Å². The summed E-state index contributed by atoms with van der Waals surface area (Å²) in [6.45, 7) is 6.39. The summed E-state index contributed by atoms with van der Waals surface area (Å²) < 4.78 is 5.76. The highest BCUT2D eigenvalue weighted by molar-refractivity contribution is 5.78. The Labute approximate surface area is 334 Å². The highest BCUT2D eigenvalue weighted by Crippen LogP contribution is 2.15. The lowest BCUT2D eigenvalue weighted by atomic mass is 10.0. The first kappa shape index (κ1) is 51.8. The molecule has 0 heterocycles. The number of esters is 1. The fourth-order valence-corrected chi connectivity index (χ4v) is 6.62. The number of amides is 1. The molecule has 0 saturated carbocycles. The van der Waals surface area contributed by atoms with Crippen molar-refractivity contribution in [3.63, 3.8) is 0 Å². The molecule has 0 fully saturated rings. The zero-order valence-electron chi connectivity index (χ0n) is 35.6. The molecule has 0 aliphatic carbocycles. The van der Waals surface area contributed by atoms with E-state index in [4.69, 9.17) is 4.74 Å². The average Bonchev–Trinajstić information content (AvgIpc) is 3.16. The van der Waals surface area contributed by atoms with Crippen molar-refractivity contribution in [2.75, 3.05) is 6.61 Å². The Bertz CT molecular complexity index is 941. The van der Waals surface area contributed by atoms with Crippen LogP contribution in [-0.2, 0) is 14.3 Å². The molecule has 0 saturated heterocycles. The van der Waals surface area contributed by atoms with E-state index in [2.05, 4.69) is 56.5 Å². The maximum absolute atomic E-state index is 13.1. The van der Waals surface area contributed by atoms with E-state index in [9.17, 15) is 19.8 Å². The summed E-state index contributed by atoms with van der Waals surface area (Å²) in [7, 11) is 0. The van der Waals surface area contributed by atoms with E-state index >= 15 is 0 Å². The van der Waals surface area contributed by atoms with Crippen molar-refractivity contribution in [1.82, 2.24) is 5.32 Å². The Morgan fingerprint density at radius 3 is 1.46 bits per heavy atom. The molecule has 54 heavy (non-hydrogen) atoms. The maximum atomic E-state index is 13.1. The first-order valence-corrected chi connectivity index (χ1v) is 22.9. The topological polar surface area (TPSA) is 95.9 Å². The van der Waals surface area contributed by atoms with Crippen LogP contribution in [-0.4, -0.2) is 46.9 Å². The molecule has 0 rings (SSSR count). The summed E-state index contributed by atoms with van der Waals surface area (Å²) in [4.78, 5) is 25.8. The lowest BCUT2D eigenvalue weighted by Gasteiger charge is -2.23. The Hall–Kier alpha value is -2.18. The number of ether oxygens (including phenoxy) is 1. The minimum Gasteiger partial charge on any atom is -0.458 e. The SMILES string of the molecule is CCCCCCCC/C=C\C/C=C/CCC(=O)OC(/C=C/C/C=C\CCCCCCCC)CC(=O)NC(CO)C(O)CCCCCCCCCCCCC. The van der Waals surface area contributed by atoms with E-state index in [1.54, 1.807) is 6.08 Å². The van der Waals surface area contributed by atoms with E-state index < -0.39 is 18.2 Å². The smallest absolute Gasteiger partial charge is 0.306 e. The van der Waals surface area contributed by atoms with Crippen LogP contribution in [0, 0.1) is 0 Å². The average molecular weight is 758 g/mol. The molecule has 0 aromatic carbocycles. The molecular weight excluding hydrogens is 671 g/mol. The molecule has 6 heteroatoms. The number of aliphatic hydroxyl groups excluding tert-OH is 2. The summed E-state index contributed by atoms with van der Waals surface area (Å²) in [5.41, 5.74) is 0. The van der Waals surface area contributed by atoms with Crippen molar-refractivity contribution in [3.05, 3.63) is 48.6 Å². The van der Waals surface area contributed by atoms with Gasteiger partial charge in [-0.2, -0.15) is 0 Å². The standard InChI is InChI=1S/C48H87NO5/c1-4-7-10-13-16-19-22-23-26-29-32-35-38-41-48(53)54-44(39-36-33-30-27-24-20-17-14-11-8-5-2)42-47(52)49-45(43-50)46(51)40-37-34-31-28-25-21-18-15-12-9-6-3/h23,26-27,30,32,35-36,39,44-46,50-51H,4-22,24-25,28-29,31,33-34,37-38,40-43H2,1-3H3,(H,49,52)/b26-23-,30-27-,35-32+,39-36+. The lowest BCUT2D eigenvalue weighted by molar-refractivity contribution is -0.148. The summed E-state index contributed by atoms with van der Waals surface area (Å²) in [6, 6.07) is -0.740. The predicted molar refractivity (Wildman–Crippen MR) is 232 cm³/mol. The fraction of sp³-hybridized carbons (Fsp3) is 0.792. The molecular formula is C48H87NO5. The summed E-state index contributed by atoms with van der Waals surface area (Å²) in [6.07, 6.45) is 49.2. The van der Waals surface area contributed by atoms with Crippen molar-refractivity contribution in [2.45, 2.75) is 238 Å². The second-order valence-corrected chi connectivity index (χ2v) is 15.4. The van der Waals surface area contributed by atoms with E-state index in [0.29, 0.717) is 19.3 Å². The first-order valence-electron chi connectivity index (χ1n) is 22.9. The van der Waals surface area contributed by atoms with Gasteiger partial charge >= 0.3 is 5.97 Å². The van der Waals surface area contributed by atoms with Crippen LogP contribution in [0.4, 0.5) is 0 Å². The number of carbonyl (C=O) groups is 2. The van der Waals surface area contributed by atoms with Gasteiger partial charge in [0.25, 0.3) is 0 Å². The Balaban J connectivity index is 4.75. The zero-order valence-corrected chi connectivity index (χ0v) is 35.6. The molecule has 3 N–H and O–H groups in total. The van der Waals surface area contributed by atoms with Crippen LogP contribution >= 0.6 is 0 Å². The second kappa shape index (κ2) is 42.0. The number of nitrogens with one attached hydrogen (secondary N) is 1. The van der Waals surface area contributed by atoms with Crippen LogP contribution in [0.2, 0.25) is 0 Å². The number of rotatable bonds is 40. The molecule has 6 nitrogen and oxygen atoms in total. The van der Waals surface area contributed by atoms with Crippen LogP contribution in [0.25, 0.3) is 0 Å². The van der Waals surface area contributed by atoms with Crippen molar-refractivity contribution in [1.29, 1.82) is 0 Å². The largest absolute Gasteiger partial charge is 0.458 e. The number of aliphatic hydroxyl groups is 2. The van der Waals surface area contributed by atoms with E-state index in [-0.39, 0.29) is 31.3 Å². The normalized spacial score (nSPS) is 13.8. The van der Waals surface area contributed by atoms with Crippen LogP contribution < -0.4 is 5.32 Å². The fourth-order valence-electron chi connectivity index (χ4n) is 6.62. The monoisotopic (exact) mass is 758 g/mol. The van der Waals surface area contributed by atoms with Crippen molar-refractivity contribution in [2.24, 2.45) is 0 Å². The molecule has 3 unspecified atom stereocenters. The van der Waals surface area contributed by atoms with Crippen LogP contribution in [0.5, 0.6) is 0 Å². The third-order valence-corrected chi connectivity index (χ3v) is 10.1. The Morgan fingerprint density at radius 1 is 0.556 bits per heavy atom. The predicted octanol–water partition coefficient (Wildman–Crippen LogP) is 13.1. The van der Waals surface area contributed by atoms with Gasteiger partial charge in [0.1, 0.15) is 6.10 Å². The van der Waals surface area contributed by atoms with E-state index in [0.717, 1.165) is 38.5 Å². The third kappa shape index (κ3) is 36.8. The number of hydrogen-bond donors (Lipinski definition) is 3. The maximum Gasteiger partial charge on any atom is 0.306 e. The van der Waals surface area contributed by atoms with Gasteiger partial charge in [-0.15, -0.1) is 0 Å². The summed E-state index contributed by atoms with van der Waals surface area (Å²) in [5, 5.41) is 23.5. The van der Waals surface area contributed by atoms with Crippen molar-refractivity contribution in [3.8, 4) is 0 Å². The lowest BCUT2D eigenvalue weighted by Crippen LogP contribution is -2.46. The van der Waals surface area contributed by atoms with Crippen molar-refractivity contribution < 1.29 is 24.5 Å². The Morgan fingerprint density at radius 2 is 0.981 bits per heavy atom. The van der Waals surface area contributed by atoms with Gasteiger partial charge in [0.05, 0.1) is 25.2 Å². The molecule has 0 aromatic rings. The molecule has 3 atom stereocenters. The van der Waals surface area contributed by atoms with Gasteiger partial charge in [0, 0.05) is 6.42 Å². The molecule has 0 aliphatic rings. The number of allylic oxidation sites excluding steroid dienone is 7. The minimum absolute atomic E-state index is 0.0510. The number of hydrogen-bond acceptors (Lipinski definition) is 5. The van der Waals surface area contributed by atoms with E-state index in [1.165, 1.54) is 128 Å². The van der Waals surface area contributed by atoms with Gasteiger partial charge in [-0.05, 0) is 57.4 Å². The van der Waals surface area contributed by atoms with Crippen LogP contribution in [0.15, 0.2) is 48.6 Å². The molecule has 314 valence electrons. The third-order valence-electron chi connectivity index (χ3n) is 10.1. The second-order valence-electron chi connectivity index (χ2n) is 15.4. The van der Waals surface area contributed by atoms with Gasteiger partial charge in [0.2, 0.25) is 5.91 Å². The van der Waals surface area contributed by atoms with Gasteiger partial charge in [-0.3, -0.25) is 9.59 Å². The highest BCUT2D eigenvalue weighted by atomic mass is 16.5. The molecule has 0 radical (unpaired) electrons. The number of unbranched alkanes of at least 4 members (excludes halogenated alkanes) is 22. The number of carbonyl (C=O) groups excluding carboxylic acids is 2. The Kier molecular flexibility index (Phi) is 40.3. The van der Waals surface area contributed by atoms with Gasteiger partial charge in [0.15, 0.2) is 0 Å². The van der Waals surface area contributed by atoms with Crippen LogP contribution in [0.1, 0.15) is 220 Å². The molecule has 1 amide bonds.